The lowest BCUT2D eigenvalue weighted by molar-refractivity contribution is 0.383. The maximum absolute atomic E-state index is 5.65. The fourth-order valence-corrected chi connectivity index (χ4v) is 1.01. The van der Waals surface area contributed by atoms with Gasteiger partial charge in [-0.25, -0.2) is 0 Å². The molecule has 12 heavy (non-hydrogen) atoms. The van der Waals surface area contributed by atoms with Crippen LogP contribution >= 0.6 is 11.6 Å². The van der Waals surface area contributed by atoms with Crippen molar-refractivity contribution >= 4 is 11.6 Å². The van der Waals surface area contributed by atoms with Crippen LogP contribution in [-0.4, -0.2) is 17.3 Å². The Kier molecular flexibility index (Phi) is 2.83. The largest absolute Gasteiger partial charge is 0.480 e. The summed E-state index contributed by atoms with van der Waals surface area (Å²) in [6.07, 6.45) is 0. The minimum atomic E-state index is -0.159. The van der Waals surface area contributed by atoms with Gasteiger partial charge in [0.25, 0.3) is 0 Å². The second kappa shape index (κ2) is 3.69. The summed E-state index contributed by atoms with van der Waals surface area (Å²) >= 11 is 5.63. The molecule has 66 valence electrons. The van der Waals surface area contributed by atoms with Gasteiger partial charge in [0, 0.05) is 11.6 Å². The van der Waals surface area contributed by atoms with Gasteiger partial charge >= 0.3 is 0 Å². The minimum absolute atomic E-state index is 0.159. The molecule has 1 heterocycles. The van der Waals surface area contributed by atoms with Crippen LogP contribution in [0.4, 0.5) is 0 Å². The molecule has 5 heteroatoms. The first-order chi connectivity index (χ1) is 5.65. The first-order valence-corrected chi connectivity index (χ1v) is 3.85. The highest BCUT2D eigenvalue weighted by Crippen LogP contribution is 2.21. The molecular formula is C7H10ClN3O. The van der Waals surface area contributed by atoms with Gasteiger partial charge < -0.3 is 10.5 Å². The Morgan fingerprint density at radius 1 is 1.58 bits per heavy atom. The lowest BCUT2D eigenvalue weighted by Crippen LogP contribution is -2.08. The van der Waals surface area contributed by atoms with Crippen LogP contribution in [0.5, 0.6) is 5.88 Å². The summed E-state index contributed by atoms with van der Waals surface area (Å²) in [6.45, 7) is 1.83. The second-order valence-corrected chi connectivity index (χ2v) is 2.81. The molecule has 0 amide bonds. The van der Waals surface area contributed by atoms with Crippen LogP contribution in [0.15, 0.2) is 6.07 Å². The average Bonchev–Trinajstić information content (AvgIpc) is 2.04. The molecule has 1 unspecified atom stereocenters. The van der Waals surface area contributed by atoms with Crippen LogP contribution in [0, 0.1) is 0 Å². The number of ether oxygens (including phenoxy) is 1. The van der Waals surface area contributed by atoms with Crippen LogP contribution in [0.25, 0.3) is 0 Å². The summed E-state index contributed by atoms with van der Waals surface area (Å²) < 4.78 is 4.95. The zero-order valence-corrected chi connectivity index (χ0v) is 7.67. The van der Waals surface area contributed by atoms with Crippen molar-refractivity contribution < 1.29 is 4.74 Å². The summed E-state index contributed by atoms with van der Waals surface area (Å²) in [5.41, 5.74) is 6.41. The molecule has 0 saturated heterocycles. The van der Waals surface area contributed by atoms with Gasteiger partial charge in [0.1, 0.15) is 0 Å². The fraction of sp³-hybridized carbons (Fsp3) is 0.429. The molecule has 1 aromatic heterocycles. The van der Waals surface area contributed by atoms with E-state index in [0.29, 0.717) is 11.0 Å². The zero-order valence-electron chi connectivity index (χ0n) is 6.91. The molecule has 0 aliphatic heterocycles. The van der Waals surface area contributed by atoms with Gasteiger partial charge in [0.2, 0.25) is 5.88 Å². The van der Waals surface area contributed by atoms with Crippen LogP contribution < -0.4 is 10.5 Å². The summed E-state index contributed by atoms with van der Waals surface area (Å²) in [7, 11) is 1.52. The van der Waals surface area contributed by atoms with Gasteiger partial charge in [0.15, 0.2) is 5.15 Å². The van der Waals surface area contributed by atoms with Crippen LogP contribution in [-0.2, 0) is 0 Å². The molecule has 0 saturated carbocycles. The number of rotatable bonds is 2. The molecule has 1 atom stereocenters. The van der Waals surface area contributed by atoms with Gasteiger partial charge in [-0.3, -0.25) is 0 Å². The summed E-state index contributed by atoms with van der Waals surface area (Å²) in [6, 6.07) is 1.49. The van der Waals surface area contributed by atoms with E-state index in [1.807, 2.05) is 6.92 Å². The van der Waals surface area contributed by atoms with Gasteiger partial charge in [0.05, 0.1) is 7.11 Å². The quantitative estimate of drug-likeness (QED) is 0.755. The summed E-state index contributed by atoms with van der Waals surface area (Å²) in [5.74, 6) is 0.425. The van der Waals surface area contributed by atoms with E-state index < -0.39 is 0 Å². The number of nitrogens with zero attached hydrogens (tertiary/aromatic N) is 2. The van der Waals surface area contributed by atoms with E-state index in [1.165, 1.54) is 7.11 Å². The minimum Gasteiger partial charge on any atom is -0.480 e. The molecule has 0 aliphatic carbocycles. The highest BCUT2D eigenvalue weighted by atomic mass is 35.5. The molecule has 2 N–H and O–H groups in total. The van der Waals surface area contributed by atoms with Crippen LogP contribution in [0.1, 0.15) is 18.5 Å². The molecule has 0 spiro atoms. The topological polar surface area (TPSA) is 61.0 Å². The first kappa shape index (κ1) is 9.22. The number of nitrogens with two attached hydrogens (primary N) is 1. The fourth-order valence-electron chi connectivity index (χ4n) is 0.855. The van der Waals surface area contributed by atoms with E-state index in [0.717, 1.165) is 5.56 Å². The van der Waals surface area contributed by atoms with Crippen molar-refractivity contribution in [3.63, 3.8) is 0 Å². The normalized spacial score (nSPS) is 12.7. The molecule has 1 aromatic rings. The van der Waals surface area contributed by atoms with Crippen molar-refractivity contribution in [3.8, 4) is 5.88 Å². The molecule has 1 rings (SSSR count). The van der Waals surface area contributed by atoms with Crippen LogP contribution in [0.2, 0.25) is 5.15 Å². The number of methoxy groups -OCH3 is 1. The third-order valence-electron chi connectivity index (χ3n) is 1.44. The van der Waals surface area contributed by atoms with E-state index >= 15 is 0 Å². The van der Waals surface area contributed by atoms with Crippen molar-refractivity contribution in [2.24, 2.45) is 5.73 Å². The number of hydrogen-bond acceptors (Lipinski definition) is 4. The molecule has 0 radical (unpaired) electrons. The number of hydrogen-bond donors (Lipinski definition) is 1. The first-order valence-electron chi connectivity index (χ1n) is 3.48. The monoisotopic (exact) mass is 187 g/mol. The second-order valence-electron chi connectivity index (χ2n) is 2.42. The van der Waals surface area contributed by atoms with Gasteiger partial charge in [-0.1, -0.05) is 11.6 Å². The SMILES string of the molecule is COc1nnc(Cl)cc1C(C)N. The Morgan fingerprint density at radius 2 is 2.25 bits per heavy atom. The van der Waals surface area contributed by atoms with E-state index in [-0.39, 0.29) is 6.04 Å². The molecule has 0 aliphatic rings. The highest BCUT2D eigenvalue weighted by Gasteiger charge is 2.09. The predicted molar refractivity (Wildman–Crippen MR) is 46.2 cm³/mol. The van der Waals surface area contributed by atoms with Gasteiger partial charge in [-0.15, -0.1) is 10.2 Å². The van der Waals surface area contributed by atoms with Crippen LogP contribution in [0.3, 0.4) is 0 Å². The van der Waals surface area contributed by atoms with Crippen molar-refractivity contribution in [1.82, 2.24) is 10.2 Å². The van der Waals surface area contributed by atoms with E-state index in [4.69, 9.17) is 22.1 Å². The third kappa shape index (κ3) is 1.84. The maximum atomic E-state index is 5.65. The summed E-state index contributed by atoms with van der Waals surface area (Å²) in [5, 5.41) is 7.68. The van der Waals surface area contributed by atoms with Gasteiger partial charge in [-0.2, -0.15) is 0 Å². The highest BCUT2D eigenvalue weighted by molar-refractivity contribution is 6.29. The lowest BCUT2D eigenvalue weighted by atomic mass is 10.2. The molecular weight excluding hydrogens is 178 g/mol. The zero-order chi connectivity index (χ0) is 9.14. The Hall–Kier alpha value is -0.870. The Balaban J connectivity index is 3.12. The van der Waals surface area contributed by atoms with Crippen molar-refractivity contribution in [1.29, 1.82) is 0 Å². The van der Waals surface area contributed by atoms with Crippen molar-refractivity contribution in [3.05, 3.63) is 16.8 Å². The number of aromatic nitrogens is 2. The Bertz CT molecular complexity index is 277. The van der Waals surface area contributed by atoms with Crippen molar-refractivity contribution in [2.45, 2.75) is 13.0 Å². The maximum Gasteiger partial charge on any atom is 0.238 e. The number of halogens is 1. The van der Waals surface area contributed by atoms with Gasteiger partial charge in [-0.05, 0) is 13.0 Å². The molecule has 0 aromatic carbocycles. The predicted octanol–water partition coefficient (Wildman–Crippen LogP) is 1.16. The Morgan fingerprint density at radius 3 is 2.75 bits per heavy atom. The lowest BCUT2D eigenvalue weighted by Gasteiger charge is -2.08. The standard InChI is InChI=1S/C7H10ClN3O/c1-4(9)5-3-6(8)10-11-7(5)12-2/h3-4H,9H2,1-2H3. The average molecular weight is 188 g/mol. The third-order valence-corrected chi connectivity index (χ3v) is 1.63. The molecule has 0 bridgehead atoms. The Labute approximate surface area is 75.7 Å². The van der Waals surface area contributed by atoms with E-state index in [1.54, 1.807) is 6.07 Å². The summed E-state index contributed by atoms with van der Waals surface area (Å²) in [4.78, 5) is 0. The van der Waals surface area contributed by atoms with Crippen molar-refractivity contribution in [2.75, 3.05) is 7.11 Å². The van der Waals surface area contributed by atoms with E-state index in [2.05, 4.69) is 10.2 Å². The smallest absolute Gasteiger partial charge is 0.238 e. The molecule has 4 nitrogen and oxygen atoms in total. The van der Waals surface area contributed by atoms with E-state index in [9.17, 15) is 0 Å². The molecule has 0 fully saturated rings.